The number of ether oxygens (including phenoxy) is 1. The number of amides is 2. The zero-order chi connectivity index (χ0) is 21.9. The molecule has 0 saturated heterocycles. The molecular formula is C20H25N3O5S2. The summed E-state index contributed by atoms with van der Waals surface area (Å²) in [7, 11) is -4.04. The smallest absolute Gasteiger partial charge is 0.341 e. The van der Waals surface area contributed by atoms with Gasteiger partial charge in [0.05, 0.1) is 17.1 Å². The molecule has 10 heteroatoms. The third-order valence-electron chi connectivity index (χ3n) is 4.85. The Kier molecular flexibility index (Phi) is 6.79. The van der Waals surface area contributed by atoms with Gasteiger partial charge in [-0.05, 0) is 44.5 Å². The molecule has 0 spiro atoms. The van der Waals surface area contributed by atoms with Gasteiger partial charge in [0.15, 0.2) is 0 Å². The highest BCUT2D eigenvalue weighted by molar-refractivity contribution is 7.90. The van der Waals surface area contributed by atoms with Crippen molar-refractivity contribution >= 4 is 38.4 Å². The Morgan fingerprint density at radius 2 is 1.90 bits per heavy atom. The fourth-order valence-electron chi connectivity index (χ4n) is 3.26. The Hall–Kier alpha value is -2.43. The number of carbonyl (C=O) groups excluding carboxylic acids is 2. The summed E-state index contributed by atoms with van der Waals surface area (Å²) in [6.07, 6.45) is 0.665. The second-order valence-electron chi connectivity index (χ2n) is 6.92. The third-order valence-corrected chi connectivity index (χ3v) is 7.33. The molecule has 0 radical (unpaired) electrons. The van der Waals surface area contributed by atoms with Crippen molar-refractivity contribution in [2.75, 3.05) is 25.0 Å². The largest absolute Gasteiger partial charge is 0.462 e. The van der Waals surface area contributed by atoms with Gasteiger partial charge < -0.3 is 4.74 Å². The summed E-state index contributed by atoms with van der Waals surface area (Å²) in [5, 5.41) is 2.85. The fraction of sp³-hybridized carbons (Fsp3) is 0.400. The second kappa shape index (κ2) is 9.15. The molecule has 8 nitrogen and oxygen atoms in total. The molecule has 1 aliphatic heterocycles. The SMILES string of the molecule is CCOC(=O)c1c(NC(=O)NS(=O)(=O)c2ccc(C)cc2)sc2c1CCN(CC)C2. The first-order valence-corrected chi connectivity index (χ1v) is 12.0. The van der Waals surface area contributed by atoms with Gasteiger partial charge in [0.25, 0.3) is 10.0 Å². The highest BCUT2D eigenvalue weighted by Gasteiger charge is 2.29. The minimum absolute atomic E-state index is 0.0158. The molecule has 1 aliphatic rings. The van der Waals surface area contributed by atoms with Gasteiger partial charge in [-0.15, -0.1) is 11.3 Å². The topological polar surface area (TPSA) is 105 Å². The molecule has 1 aromatic carbocycles. The Balaban J connectivity index is 1.84. The van der Waals surface area contributed by atoms with Crippen LogP contribution in [0.15, 0.2) is 29.2 Å². The van der Waals surface area contributed by atoms with Gasteiger partial charge in [0, 0.05) is 18.0 Å². The van der Waals surface area contributed by atoms with Crippen molar-refractivity contribution in [2.24, 2.45) is 0 Å². The van der Waals surface area contributed by atoms with E-state index in [4.69, 9.17) is 4.74 Å². The van der Waals surface area contributed by atoms with Crippen LogP contribution in [0.5, 0.6) is 0 Å². The first-order valence-electron chi connectivity index (χ1n) is 9.69. The van der Waals surface area contributed by atoms with Crippen LogP contribution in [-0.4, -0.2) is 45.0 Å². The summed E-state index contributed by atoms with van der Waals surface area (Å²) in [6.45, 7) is 8.18. The van der Waals surface area contributed by atoms with E-state index in [0.29, 0.717) is 23.5 Å². The first kappa shape index (κ1) is 22.3. The Labute approximate surface area is 180 Å². The van der Waals surface area contributed by atoms with Crippen LogP contribution in [0.25, 0.3) is 0 Å². The quantitative estimate of drug-likeness (QED) is 0.654. The molecule has 2 aromatic rings. The predicted octanol–water partition coefficient (Wildman–Crippen LogP) is 3.12. The molecule has 0 saturated carbocycles. The maximum atomic E-state index is 12.6. The molecule has 3 rings (SSSR count). The van der Waals surface area contributed by atoms with Crippen molar-refractivity contribution < 1.29 is 22.7 Å². The number of esters is 1. The minimum Gasteiger partial charge on any atom is -0.462 e. The van der Waals surface area contributed by atoms with Gasteiger partial charge in [-0.1, -0.05) is 24.6 Å². The van der Waals surface area contributed by atoms with Crippen LogP contribution in [0.1, 0.15) is 40.2 Å². The molecule has 2 N–H and O–H groups in total. The summed E-state index contributed by atoms with van der Waals surface area (Å²) in [5.74, 6) is -0.517. The van der Waals surface area contributed by atoms with Crippen LogP contribution >= 0.6 is 11.3 Å². The van der Waals surface area contributed by atoms with Gasteiger partial charge in [-0.25, -0.2) is 22.7 Å². The number of thiophene rings is 1. The standard InChI is InChI=1S/C20H25N3O5S2/c1-4-23-11-10-15-16(12-23)29-18(17(15)19(24)28-5-2)21-20(25)22-30(26,27)14-8-6-13(3)7-9-14/h6-9H,4-5,10-12H2,1-3H3,(H2,21,22,25). The van der Waals surface area contributed by atoms with E-state index >= 15 is 0 Å². The van der Waals surface area contributed by atoms with E-state index in [2.05, 4.69) is 17.1 Å². The van der Waals surface area contributed by atoms with Crippen LogP contribution < -0.4 is 10.0 Å². The van der Waals surface area contributed by atoms with Gasteiger partial charge in [0.1, 0.15) is 5.00 Å². The number of urea groups is 1. The van der Waals surface area contributed by atoms with Crippen LogP contribution in [0, 0.1) is 6.92 Å². The summed E-state index contributed by atoms with van der Waals surface area (Å²) in [4.78, 5) is 28.2. The molecule has 2 heterocycles. The molecule has 0 aliphatic carbocycles. The molecule has 2 amide bonds. The minimum atomic E-state index is -4.04. The number of carbonyl (C=O) groups is 2. The van der Waals surface area contributed by atoms with E-state index in [9.17, 15) is 18.0 Å². The molecule has 0 fully saturated rings. The van der Waals surface area contributed by atoms with E-state index in [-0.39, 0.29) is 11.5 Å². The number of benzene rings is 1. The average molecular weight is 452 g/mol. The van der Waals surface area contributed by atoms with Crippen LogP contribution in [0.3, 0.4) is 0 Å². The van der Waals surface area contributed by atoms with Crippen LogP contribution in [-0.2, 0) is 27.7 Å². The lowest BCUT2D eigenvalue weighted by Crippen LogP contribution is -2.34. The number of fused-ring (bicyclic) bond motifs is 1. The molecule has 0 bridgehead atoms. The Morgan fingerprint density at radius 3 is 2.53 bits per heavy atom. The first-order chi connectivity index (χ1) is 14.2. The summed E-state index contributed by atoms with van der Waals surface area (Å²) in [6, 6.07) is 5.24. The molecular weight excluding hydrogens is 426 g/mol. The van der Waals surface area contributed by atoms with Crippen molar-refractivity contribution in [3.8, 4) is 0 Å². The molecule has 1 aromatic heterocycles. The van der Waals surface area contributed by atoms with Crippen molar-refractivity contribution in [3.05, 3.63) is 45.8 Å². The van der Waals surface area contributed by atoms with E-state index < -0.39 is 22.0 Å². The lowest BCUT2D eigenvalue weighted by molar-refractivity contribution is 0.0526. The Bertz CT molecular complexity index is 1050. The summed E-state index contributed by atoms with van der Waals surface area (Å²) >= 11 is 1.28. The fourth-order valence-corrected chi connectivity index (χ4v) is 5.44. The number of hydrogen-bond donors (Lipinski definition) is 2. The lowest BCUT2D eigenvalue weighted by atomic mass is 10.0. The van der Waals surface area contributed by atoms with E-state index in [1.165, 1.54) is 23.5 Å². The Morgan fingerprint density at radius 1 is 1.20 bits per heavy atom. The number of nitrogens with zero attached hydrogens (tertiary/aromatic N) is 1. The van der Waals surface area contributed by atoms with Crippen molar-refractivity contribution in [2.45, 2.75) is 38.6 Å². The maximum Gasteiger partial charge on any atom is 0.341 e. The normalized spacial score (nSPS) is 14.1. The highest BCUT2D eigenvalue weighted by atomic mass is 32.2. The van der Waals surface area contributed by atoms with Gasteiger partial charge in [0.2, 0.25) is 0 Å². The number of aryl methyl sites for hydroxylation is 1. The number of rotatable bonds is 6. The lowest BCUT2D eigenvalue weighted by Gasteiger charge is -2.25. The van der Waals surface area contributed by atoms with Gasteiger partial charge in [-0.3, -0.25) is 10.2 Å². The summed E-state index contributed by atoms with van der Waals surface area (Å²) in [5.41, 5.74) is 2.08. The van der Waals surface area contributed by atoms with Crippen LogP contribution in [0.4, 0.5) is 9.80 Å². The maximum absolute atomic E-state index is 12.6. The van der Waals surface area contributed by atoms with E-state index in [0.717, 1.165) is 29.1 Å². The van der Waals surface area contributed by atoms with Crippen molar-refractivity contribution in [3.63, 3.8) is 0 Å². The van der Waals surface area contributed by atoms with Crippen molar-refractivity contribution in [1.82, 2.24) is 9.62 Å². The van der Waals surface area contributed by atoms with Crippen LogP contribution in [0.2, 0.25) is 0 Å². The number of nitrogens with one attached hydrogen (secondary N) is 2. The third kappa shape index (κ3) is 4.82. The highest BCUT2D eigenvalue weighted by Crippen LogP contribution is 2.37. The van der Waals surface area contributed by atoms with Gasteiger partial charge >= 0.3 is 12.0 Å². The number of anilines is 1. The number of hydrogen-bond acceptors (Lipinski definition) is 7. The number of sulfonamides is 1. The second-order valence-corrected chi connectivity index (χ2v) is 9.71. The predicted molar refractivity (Wildman–Crippen MR) is 115 cm³/mol. The molecule has 30 heavy (non-hydrogen) atoms. The summed E-state index contributed by atoms with van der Waals surface area (Å²) < 4.78 is 32.1. The molecule has 0 atom stereocenters. The van der Waals surface area contributed by atoms with Crippen molar-refractivity contribution in [1.29, 1.82) is 0 Å². The van der Waals surface area contributed by atoms with E-state index in [1.54, 1.807) is 19.1 Å². The zero-order valence-corrected chi connectivity index (χ0v) is 18.8. The molecule has 0 unspecified atom stereocenters. The van der Waals surface area contributed by atoms with E-state index in [1.807, 2.05) is 11.6 Å². The monoisotopic (exact) mass is 451 g/mol. The average Bonchev–Trinajstić information content (AvgIpc) is 3.04. The number of likely N-dealkylation sites (N-methyl/N-ethyl adjacent to an activating group) is 1. The molecule has 162 valence electrons. The van der Waals surface area contributed by atoms with Gasteiger partial charge in [-0.2, -0.15) is 0 Å². The zero-order valence-electron chi connectivity index (χ0n) is 17.1.